The fourth-order valence-electron chi connectivity index (χ4n) is 3.38. The van der Waals surface area contributed by atoms with Crippen LogP contribution in [0, 0.1) is 5.95 Å². The summed E-state index contributed by atoms with van der Waals surface area (Å²) in [7, 11) is 3.28. The highest BCUT2D eigenvalue weighted by atomic mass is 19.1. The second-order valence-electron chi connectivity index (χ2n) is 7.52. The van der Waals surface area contributed by atoms with Crippen molar-refractivity contribution < 1.29 is 9.18 Å². The number of carbonyl (C=O) groups is 1. The van der Waals surface area contributed by atoms with Gasteiger partial charge in [-0.1, -0.05) is 0 Å². The van der Waals surface area contributed by atoms with Crippen molar-refractivity contribution in [2.75, 3.05) is 17.7 Å². The van der Waals surface area contributed by atoms with Crippen LogP contribution in [0.15, 0.2) is 41.6 Å². The third-order valence-electron chi connectivity index (χ3n) is 5.12. The monoisotopic (exact) mass is 437 g/mol. The van der Waals surface area contributed by atoms with Crippen LogP contribution in [-0.4, -0.2) is 47.9 Å². The minimum absolute atomic E-state index is 0.0373. The van der Waals surface area contributed by atoms with Crippen LogP contribution in [0.4, 0.5) is 21.7 Å². The van der Waals surface area contributed by atoms with Gasteiger partial charge in [0.1, 0.15) is 28.6 Å². The molecule has 1 aliphatic carbocycles. The molecule has 12 heteroatoms. The van der Waals surface area contributed by atoms with Crippen LogP contribution < -0.4 is 21.5 Å². The lowest BCUT2D eigenvalue weighted by Crippen LogP contribution is -2.25. The summed E-state index contributed by atoms with van der Waals surface area (Å²) in [6, 6.07) is 5.03. The van der Waals surface area contributed by atoms with Gasteiger partial charge >= 0.3 is 0 Å². The molecule has 164 valence electrons. The lowest BCUT2D eigenvalue weighted by atomic mass is 10.3. The van der Waals surface area contributed by atoms with Crippen LogP contribution in [0.2, 0.25) is 0 Å². The normalized spacial score (nSPS) is 13.3. The molecular formula is C20H20FN9O2. The summed E-state index contributed by atoms with van der Waals surface area (Å²) in [6.45, 7) is 0. The fraction of sp³-hybridized carbons (Fsp3) is 0.250. The maximum atomic E-state index is 14.1. The molecule has 0 radical (unpaired) electrons. The molecule has 11 nitrogen and oxygen atoms in total. The Morgan fingerprint density at radius 3 is 2.81 bits per heavy atom. The van der Waals surface area contributed by atoms with Crippen LogP contribution in [-0.2, 0) is 7.05 Å². The number of nitrogens with one attached hydrogen (secondary N) is 3. The van der Waals surface area contributed by atoms with E-state index in [9.17, 15) is 14.0 Å². The quantitative estimate of drug-likeness (QED) is 0.417. The van der Waals surface area contributed by atoms with Gasteiger partial charge in [0.25, 0.3) is 17.4 Å². The Balaban J connectivity index is 1.54. The summed E-state index contributed by atoms with van der Waals surface area (Å²) < 4.78 is 18.1. The molecule has 0 unspecified atom stereocenters. The third-order valence-corrected chi connectivity index (χ3v) is 5.12. The van der Waals surface area contributed by atoms with E-state index in [1.807, 2.05) is 0 Å². The zero-order valence-electron chi connectivity index (χ0n) is 17.3. The Morgan fingerprint density at radius 2 is 2.12 bits per heavy atom. The molecule has 4 heterocycles. The van der Waals surface area contributed by atoms with Gasteiger partial charge in [0.15, 0.2) is 5.65 Å². The molecule has 1 aliphatic rings. The number of amides is 1. The number of anilines is 3. The van der Waals surface area contributed by atoms with Gasteiger partial charge in [-0.2, -0.15) is 14.0 Å². The van der Waals surface area contributed by atoms with E-state index in [4.69, 9.17) is 0 Å². The van der Waals surface area contributed by atoms with E-state index in [1.54, 1.807) is 32.3 Å². The average Bonchev–Trinajstić information content (AvgIpc) is 3.37. The van der Waals surface area contributed by atoms with E-state index in [2.05, 4.69) is 31.1 Å². The first-order valence-electron chi connectivity index (χ1n) is 10.00. The molecule has 0 aromatic carbocycles. The second kappa shape index (κ2) is 7.48. The number of aryl methyl sites for hydroxylation is 1. The van der Waals surface area contributed by atoms with Crippen LogP contribution in [0.25, 0.3) is 11.3 Å². The van der Waals surface area contributed by atoms with Crippen molar-refractivity contribution in [1.82, 2.24) is 34.3 Å². The predicted octanol–water partition coefficient (Wildman–Crippen LogP) is 1.43. The molecule has 3 N–H and O–H groups in total. The van der Waals surface area contributed by atoms with Gasteiger partial charge < -0.3 is 16.0 Å². The van der Waals surface area contributed by atoms with Gasteiger partial charge in [-0.15, -0.1) is 5.10 Å². The largest absolute Gasteiger partial charge is 0.373 e. The number of hydrogen-bond acceptors (Lipinski definition) is 7. The second-order valence-corrected chi connectivity index (χ2v) is 7.52. The molecule has 0 atom stereocenters. The molecule has 1 amide bonds. The van der Waals surface area contributed by atoms with E-state index in [-0.39, 0.29) is 23.3 Å². The number of aromatic nitrogens is 6. The number of halogens is 1. The molecule has 0 saturated heterocycles. The van der Waals surface area contributed by atoms with E-state index in [1.165, 1.54) is 27.8 Å². The standard InChI is InChI=1S/C20H20FN9O2/c1-22-16-8-15(26-18-12(9-23-30(16)18)19(31)24-11-5-6-11)25-13-4-3-7-29(20(13)32)14-10-28(2)27-17(14)21/h3-4,7-11,22H,5-6H2,1-2H3,(H,24,31)(H,25,26). The highest BCUT2D eigenvalue weighted by molar-refractivity contribution is 6.00. The number of carbonyl (C=O) groups excluding carboxylic acids is 1. The summed E-state index contributed by atoms with van der Waals surface area (Å²) in [5, 5.41) is 16.8. The molecule has 0 spiro atoms. The lowest BCUT2D eigenvalue weighted by Gasteiger charge is -2.11. The predicted molar refractivity (Wildman–Crippen MR) is 115 cm³/mol. The molecule has 1 saturated carbocycles. The topological polar surface area (TPSA) is 123 Å². The van der Waals surface area contributed by atoms with Crippen molar-refractivity contribution in [3.63, 3.8) is 0 Å². The van der Waals surface area contributed by atoms with Crippen molar-refractivity contribution in [3.05, 3.63) is 58.7 Å². The maximum Gasteiger partial charge on any atom is 0.278 e. The minimum Gasteiger partial charge on any atom is -0.373 e. The zero-order valence-corrected chi connectivity index (χ0v) is 17.3. The van der Waals surface area contributed by atoms with Gasteiger partial charge in [-0.3, -0.25) is 18.8 Å². The van der Waals surface area contributed by atoms with Crippen molar-refractivity contribution in [3.8, 4) is 5.69 Å². The first-order valence-corrected chi connectivity index (χ1v) is 10.00. The Morgan fingerprint density at radius 1 is 1.31 bits per heavy atom. The number of pyridine rings is 1. The molecule has 4 aromatic heterocycles. The summed E-state index contributed by atoms with van der Waals surface area (Å²) in [5.74, 6) is -0.112. The van der Waals surface area contributed by atoms with Crippen molar-refractivity contribution in [2.45, 2.75) is 18.9 Å². The van der Waals surface area contributed by atoms with Crippen LogP contribution >= 0.6 is 0 Å². The van der Waals surface area contributed by atoms with Crippen LogP contribution in [0.3, 0.4) is 0 Å². The average molecular weight is 437 g/mol. The van der Waals surface area contributed by atoms with Gasteiger partial charge in [0.2, 0.25) is 0 Å². The van der Waals surface area contributed by atoms with Crippen molar-refractivity contribution >= 4 is 28.9 Å². The summed E-state index contributed by atoms with van der Waals surface area (Å²) in [6.07, 6.45) is 6.27. The number of rotatable bonds is 6. The lowest BCUT2D eigenvalue weighted by molar-refractivity contribution is 0.0952. The molecule has 5 rings (SSSR count). The summed E-state index contributed by atoms with van der Waals surface area (Å²) >= 11 is 0. The van der Waals surface area contributed by atoms with Gasteiger partial charge in [-0.25, -0.2) is 4.98 Å². The minimum atomic E-state index is -0.755. The van der Waals surface area contributed by atoms with Crippen LogP contribution in [0.1, 0.15) is 23.2 Å². The van der Waals surface area contributed by atoms with Gasteiger partial charge in [0.05, 0.1) is 12.4 Å². The van der Waals surface area contributed by atoms with E-state index < -0.39 is 11.5 Å². The molecule has 4 aromatic rings. The first kappa shape index (κ1) is 19.7. The highest BCUT2D eigenvalue weighted by Gasteiger charge is 2.26. The summed E-state index contributed by atoms with van der Waals surface area (Å²) in [5.41, 5.74) is 0.410. The van der Waals surface area contributed by atoms with E-state index in [0.29, 0.717) is 22.8 Å². The fourth-order valence-corrected chi connectivity index (χ4v) is 3.38. The Hall–Kier alpha value is -4.22. The Bertz CT molecular complexity index is 1400. The third kappa shape index (κ3) is 3.45. The zero-order chi connectivity index (χ0) is 22.4. The van der Waals surface area contributed by atoms with Gasteiger partial charge in [-0.05, 0) is 25.0 Å². The first-order chi connectivity index (χ1) is 15.4. The van der Waals surface area contributed by atoms with Crippen molar-refractivity contribution in [2.24, 2.45) is 7.05 Å². The molecule has 0 bridgehead atoms. The SMILES string of the molecule is CNc1cc(Nc2cccn(-c3cn(C)nc3F)c2=O)nc2c(C(=O)NC3CC3)cnn12. The maximum absolute atomic E-state index is 14.1. The molecular weight excluding hydrogens is 417 g/mol. The number of fused-ring (bicyclic) bond motifs is 1. The van der Waals surface area contributed by atoms with E-state index in [0.717, 1.165) is 17.4 Å². The smallest absolute Gasteiger partial charge is 0.278 e. The highest BCUT2D eigenvalue weighted by Crippen LogP contribution is 2.23. The number of hydrogen-bond donors (Lipinski definition) is 3. The summed E-state index contributed by atoms with van der Waals surface area (Å²) in [4.78, 5) is 30.1. The number of nitrogens with zero attached hydrogens (tertiary/aromatic N) is 6. The van der Waals surface area contributed by atoms with Gasteiger partial charge in [0, 0.05) is 32.4 Å². The molecule has 1 fully saturated rings. The molecule has 0 aliphatic heterocycles. The van der Waals surface area contributed by atoms with Crippen molar-refractivity contribution in [1.29, 1.82) is 0 Å². The Labute approximate surface area is 180 Å². The van der Waals surface area contributed by atoms with E-state index >= 15 is 0 Å². The Kier molecular flexibility index (Phi) is 4.61. The van der Waals surface area contributed by atoms with Crippen LogP contribution in [0.5, 0.6) is 0 Å². The molecule has 32 heavy (non-hydrogen) atoms.